The van der Waals surface area contributed by atoms with E-state index in [-0.39, 0.29) is 11.0 Å². The summed E-state index contributed by atoms with van der Waals surface area (Å²) in [6.45, 7) is 1.79. The van der Waals surface area contributed by atoms with Gasteiger partial charge < -0.3 is 5.11 Å². The second-order valence-corrected chi connectivity index (χ2v) is 4.32. The summed E-state index contributed by atoms with van der Waals surface area (Å²) in [5.41, 5.74) is -0.542. The van der Waals surface area contributed by atoms with Crippen LogP contribution in [0.5, 0.6) is 0 Å². The molecular weight excluding hydrogens is 205 g/mol. The molecule has 4 heteroatoms. The van der Waals surface area contributed by atoms with Crippen molar-refractivity contribution in [3.8, 4) is 0 Å². The molecule has 1 aromatic carbocycles. The SMILES string of the molecule is CC1(C(O)c2ccc(F)c(F)c2F)CC1. The van der Waals surface area contributed by atoms with Gasteiger partial charge in [-0.2, -0.15) is 0 Å². The Balaban J connectivity index is 2.41. The van der Waals surface area contributed by atoms with Crippen molar-refractivity contribution in [1.82, 2.24) is 0 Å². The van der Waals surface area contributed by atoms with Crippen LogP contribution in [-0.2, 0) is 0 Å². The lowest BCUT2D eigenvalue weighted by Crippen LogP contribution is -2.13. The van der Waals surface area contributed by atoms with Crippen LogP contribution in [0.2, 0.25) is 0 Å². The van der Waals surface area contributed by atoms with Crippen LogP contribution in [0.15, 0.2) is 12.1 Å². The van der Waals surface area contributed by atoms with Gasteiger partial charge in [0.15, 0.2) is 17.5 Å². The van der Waals surface area contributed by atoms with Crippen LogP contribution >= 0.6 is 0 Å². The lowest BCUT2D eigenvalue weighted by molar-refractivity contribution is 0.0987. The van der Waals surface area contributed by atoms with Crippen LogP contribution in [0.3, 0.4) is 0 Å². The van der Waals surface area contributed by atoms with E-state index in [1.165, 1.54) is 0 Å². The average molecular weight is 216 g/mol. The highest BCUT2D eigenvalue weighted by Crippen LogP contribution is 2.54. The van der Waals surface area contributed by atoms with E-state index in [0.717, 1.165) is 25.0 Å². The van der Waals surface area contributed by atoms with Crippen molar-refractivity contribution in [3.63, 3.8) is 0 Å². The molecule has 1 aliphatic carbocycles. The fourth-order valence-corrected chi connectivity index (χ4v) is 1.60. The Bertz CT molecular complexity index is 399. The molecule has 1 atom stereocenters. The molecule has 0 heterocycles. The first-order valence-corrected chi connectivity index (χ1v) is 4.77. The van der Waals surface area contributed by atoms with Gasteiger partial charge in [-0.1, -0.05) is 13.0 Å². The van der Waals surface area contributed by atoms with Crippen molar-refractivity contribution in [2.75, 3.05) is 0 Å². The van der Waals surface area contributed by atoms with E-state index in [0.29, 0.717) is 0 Å². The van der Waals surface area contributed by atoms with E-state index in [9.17, 15) is 18.3 Å². The molecule has 0 bridgehead atoms. The molecule has 1 unspecified atom stereocenters. The molecule has 0 saturated heterocycles. The fraction of sp³-hybridized carbons (Fsp3) is 0.455. The fourth-order valence-electron chi connectivity index (χ4n) is 1.60. The molecule has 1 fully saturated rings. The average Bonchev–Trinajstić information content (AvgIpc) is 2.94. The zero-order valence-electron chi connectivity index (χ0n) is 8.23. The second kappa shape index (κ2) is 3.23. The van der Waals surface area contributed by atoms with E-state index in [2.05, 4.69) is 0 Å². The van der Waals surface area contributed by atoms with Crippen LogP contribution < -0.4 is 0 Å². The van der Waals surface area contributed by atoms with Gasteiger partial charge in [-0.3, -0.25) is 0 Å². The number of aliphatic hydroxyl groups excluding tert-OH is 1. The molecule has 15 heavy (non-hydrogen) atoms. The molecule has 0 radical (unpaired) electrons. The summed E-state index contributed by atoms with van der Waals surface area (Å²) in [6.07, 6.45) is 0.478. The van der Waals surface area contributed by atoms with Gasteiger partial charge in [-0.05, 0) is 24.3 Å². The topological polar surface area (TPSA) is 20.2 Å². The smallest absolute Gasteiger partial charge is 0.194 e. The first-order valence-electron chi connectivity index (χ1n) is 4.77. The number of aliphatic hydroxyl groups is 1. The molecule has 0 aromatic heterocycles. The monoisotopic (exact) mass is 216 g/mol. The number of benzene rings is 1. The van der Waals surface area contributed by atoms with Crippen LogP contribution in [0.4, 0.5) is 13.2 Å². The zero-order valence-corrected chi connectivity index (χ0v) is 8.23. The van der Waals surface area contributed by atoms with Gasteiger partial charge in [0.05, 0.1) is 6.10 Å². The lowest BCUT2D eigenvalue weighted by Gasteiger charge is -2.18. The Hall–Kier alpha value is -1.03. The lowest BCUT2D eigenvalue weighted by atomic mass is 9.94. The number of rotatable bonds is 2. The third-order valence-electron chi connectivity index (χ3n) is 3.06. The van der Waals surface area contributed by atoms with Gasteiger partial charge in [0, 0.05) is 5.56 Å². The van der Waals surface area contributed by atoms with E-state index >= 15 is 0 Å². The molecule has 1 saturated carbocycles. The Morgan fingerprint density at radius 3 is 2.33 bits per heavy atom. The molecule has 2 rings (SSSR count). The maximum absolute atomic E-state index is 13.3. The quantitative estimate of drug-likeness (QED) is 0.753. The number of halogens is 3. The summed E-state index contributed by atoms with van der Waals surface area (Å²) in [5, 5.41) is 9.79. The summed E-state index contributed by atoms with van der Waals surface area (Å²) in [5.74, 6) is -4.03. The van der Waals surface area contributed by atoms with Gasteiger partial charge in [-0.15, -0.1) is 0 Å². The summed E-state index contributed by atoms with van der Waals surface area (Å²) < 4.78 is 38.8. The third-order valence-corrected chi connectivity index (χ3v) is 3.06. The maximum atomic E-state index is 13.3. The maximum Gasteiger partial charge on any atom is 0.194 e. The van der Waals surface area contributed by atoms with Gasteiger partial charge >= 0.3 is 0 Å². The Morgan fingerprint density at radius 2 is 1.80 bits per heavy atom. The van der Waals surface area contributed by atoms with Crippen LogP contribution in [0, 0.1) is 22.9 Å². The van der Waals surface area contributed by atoms with Crippen molar-refractivity contribution in [2.45, 2.75) is 25.9 Å². The Kier molecular flexibility index (Phi) is 2.26. The number of hydrogen-bond donors (Lipinski definition) is 1. The van der Waals surface area contributed by atoms with Crippen LogP contribution in [0.1, 0.15) is 31.4 Å². The van der Waals surface area contributed by atoms with E-state index < -0.39 is 23.6 Å². The van der Waals surface area contributed by atoms with Crippen molar-refractivity contribution in [3.05, 3.63) is 35.1 Å². The van der Waals surface area contributed by atoms with Crippen molar-refractivity contribution in [1.29, 1.82) is 0 Å². The summed E-state index contributed by atoms with van der Waals surface area (Å²) >= 11 is 0. The predicted octanol–water partition coefficient (Wildman–Crippen LogP) is 2.94. The van der Waals surface area contributed by atoms with Gasteiger partial charge in [0.2, 0.25) is 0 Å². The first kappa shape index (κ1) is 10.5. The molecule has 82 valence electrons. The van der Waals surface area contributed by atoms with Crippen molar-refractivity contribution in [2.24, 2.45) is 5.41 Å². The van der Waals surface area contributed by atoms with Gasteiger partial charge in [0.25, 0.3) is 0 Å². The van der Waals surface area contributed by atoms with Gasteiger partial charge in [0.1, 0.15) is 0 Å². The molecule has 1 aromatic rings. The molecule has 0 amide bonds. The zero-order chi connectivity index (χ0) is 11.2. The van der Waals surface area contributed by atoms with Crippen LogP contribution in [-0.4, -0.2) is 5.11 Å². The van der Waals surface area contributed by atoms with Crippen molar-refractivity contribution < 1.29 is 18.3 Å². The van der Waals surface area contributed by atoms with Crippen LogP contribution in [0.25, 0.3) is 0 Å². The largest absolute Gasteiger partial charge is 0.388 e. The molecule has 0 spiro atoms. The Labute approximate surface area is 85.5 Å². The minimum atomic E-state index is -1.52. The van der Waals surface area contributed by atoms with Crippen molar-refractivity contribution >= 4 is 0 Å². The predicted molar refractivity (Wildman–Crippen MR) is 48.6 cm³/mol. The highest BCUT2D eigenvalue weighted by Gasteiger charge is 2.46. The molecule has 1 N–H and O–H groups in total. The summed E-state index contributed by atoms with van der Waals surface area (Å²) in [7, 11) is 0. The van der Waals surface area contributed by atoms with E-state index in [4.69, 9.17) is 0 Å². The summed E-state index contributed by atoms with van der Waals surface area (Å²) in [6, 6.07) is 1.94. The molecule has 1 aliphatic rings. The second-order valence-electron chi connectivity index (χ2n) is 4.32. The third kappa shape index (κ3) is 1.63. The normalized spacial score (nSPS) is 20.1. The minimum absolute atomic E-state index is 0.158. The standard InChI is InChI=1S/C11H11F3O/c1-11(4-5-11)10(15)6-2-3-7(12)9(14)8(6)13/h2-3,10,15H,4-5H2,1H3. The highest BCUT2D eigenvalue weighted by molar-refractivity contribution is 5.25. The minimum Gasteiger partial charge on any atom is -0.388 e. The summed E-state index contributed by atoms with van der Waals surface area (Å²) in [4.78, 5) is 0. The molecule has 1 nitrogen and oxygen atoms in total. The van der Waals surface area contributed by atoms with E-state index in [1.807, 2.05) is 0 Å². The van der Waals surface area contributed by atoms with E-state index in [1.54, 1.807) is 6.92 Å². The highest BCUT2D eigenvalue weighted by atomic mass is 19.2. The molecular formula is C11H11F3O. The van der Waals surface area contributed by atoms with Gasteiger partial charge in [-0.25, -0.2) is 13.2 Å². The molecule has 0 aliphatic heterocycles. The Morgan fingerprint density at radius 1 is 1.20 bits per heavy atom. The first-order chi connectivity index (χ1) is 6.96. The number of hydrogen-bond acceptors (Lipinski definition) is 1.